The highest BCUT2D eigenvalue weighted by atomic mass is 35.5. The van der Waals surface area contributed by atoms with Gasteiger partial charge in [-0.25, -0.2) is 0 Å². The van der Waals surface area contributed by atoms with Crippen LogP contribution in [0, 0.1) is 0 Å². The van der Waals surface area contributed by atoms with E-state index in [4.69, 9.17) is 16.3 Å². The van der Waals surface area contributed by atoms with Crippen molar-refractivity contribution >= 4 is 17.5 Å². The molecule has 0 aliphatic heterocycles. The lowest BCUT2D eigenvalue weighted by Gasteiger charge is -2.12. The maximum absolute atomic E-state index is 12.0. The Morgan fingerprint density at radius 1 is 1.23 bits per heavy atom. The minimum atomic E-state index is -0.104. The minimum Gasteiger partial charge on any atom is -0.457 e. The summed E-state index contributed by atoms with van der Waals surface area (Å²) in [5.41, 5.74) is 1.61. The Kier molecular flexibility index (Phi) is 5.45. The molecule has 0 spiro atoms. The second-order valence-electron chi connectivity index (χ2n) is 5.36. The summed E-state index contributed by atoms with van der Waals surface area (Å²) >= 11 is 6.01. The van der Waals surface area contributed by atoms with Gasteiger partial charge < -0.3 is 10.1 Å². The van der Waals surface area contributed by atoms with E-state index >= 15 is 0 Å². The van der Waals surface area contributed by atoms with Gasteiger partial charge in [0.2, 0.25) is 0 Å². The van der Waals surface area contributed by atoms with Crippen LogP contribution in [0.15, 0.2) is 42.5 Å². The quantitative estimate of drug-likeness (QED) is 0.857. The fraction of sp³-hybridized carbons (Fsp3) is 0.278. The van der Waals surface area contributed by atoms with Crippen molar-refractivity contribution in [2.24, 2.45) is 0 Å². The predicted molar refractivity (Wildman–Crippen MR) is 89.9 cm³/mol. The normalized spacial score (nSPS) is 10.6. The molecule has 0 bridgehead atoms. The molecule has 0 heterocycles. The highest BCUT2D eigenvalue weighted by Crippen LogP contribution is 2.28. The van der Waals surface area contributed by atoms with E-state index in [0.29, 0.717) is 16.3 Å². The summed E-state index contributed by atoms with van der Waals surface area (Å²) in [6.07, 6.45) is 0.823. The third-order valence-electron chi connectivity index (χ3n) is 3.15. The van der Waals surface area contributed by atoms with Gasteiger partial charge in [0.15, 0.2) is 0 Å². The highest BCUT2D eigenvalue weighted by molar-refractivity contribution is 6.30. The third-order valence-corrected chi connectivity index (χ3v) is 3.38. The van der Waals surface area contributed by atoms with Crippen LogP contribution in [0.5, 0.6) is 11.5 Å². The first-order valence-electron chi connectivity index (χ1n) is 7.36. The van der Waals surface area contributed by atoms with Gasteiger partial charge in [0.1, 0.15) is 11.5 Å². The Morgan fingerprint density at radius 2 is 2.00 bits per heavy atom. The van der Waals surface area contributed by atoms with E-state index in [-0.39, 0.29) is 11.9 Å². The Balaban J connectivity index is 2.22. The third kappa shape index (κ3) is 4.25. The molecular weight excluding hydrogens is 298 g/mol. The predicted octanol–water partition coefficient (Wildman–Crippen LogP) is 4.83. The van der Waals surface area contributed by atoms with E-state index in [2.05, 4.69) is 5.32 Å². The Morgan fingerprint density at radius 3 is 2.68 bits per heavy atom. The topological polar surface area (TPSA) is 38.3 Å². The number of rotatable bonds is 5. The lowest BCUT2D eigenvalue weighted by atomic mass is 10.1. The van der Waals surface area contributed by atoms with Gasteiger partial charge in [-0.3, -0.25) is 4.79 Å². The van der Waals surface area contributed by atoms with Gasteiger partial charge in [-0.05, 0) is 62.2 Å². The second kappa shape index (κ2) is 7.32. The van der Waals surface area contributed by atoms with Crippen molar-refractivity contribution < 1.29 is 9.53 Å². The molecule has 0 unspecified atom stereocenters. The first-order chi connectivity index (χ1) is 10.5. The van der Waals surface area contributed by atoms with Crippen LogP contribution in [0.4, 0.5) is 0 Å². The maximum Gasteiger partial charge on any atom is 0.251 e. The number of ether oxygens (including phenoxy) is 1. The number of amides is 1. The summed E-state index contributed by atoms with van der Waals surface area (Å²) in [6, 6.07) is 12.8. The lowest BCUT2D eigenvalue weighted by molar-refractivity contribution is 0.0943. The van der Waals surface area contributed by atoms with Crippen molar-refractivity contribution in [3.05, 3.63) is 58.6 Å². The summed E-state index contributed by atoms with van der Waals surface area (Å²) in [7, 11) is 0. The van der Waals surface area contributed by atoms with Crippen LogP contribution in [0.1, 0.15) is 36.7 Å². The summed E-state index contributed by atoms with van der Waals surface area (Å²) < 4.78 is 5.91. The largest absolute Gasteiger partial charge is 0.457 e. The SMILES string of the molecule is CCc1cc(Cl)ccc1Oc1cccc(C(=O)NC(C)C)c1. The molecule has 0 aromatic heterocycles. The zero-order valence-corrected chi connectivity index (χ0v) is 13.8. The van der Waals surface area contributed by atoms with Gasteiger partial charge in [0, 0.05) is 16.6 Å². The molecule has 0 aliphatic rings. The van der Waals surface area contributed by atoms with Crippen molar-refractivity contribution in [1.82, 2.24) is 5.32 Å². The van der Waals surface area contributed by atoms with Crippen LogP contribution in [-0.4, -0.2) is 11.9 Å². The summed E-state index contributed by atoms with van der Waals surface area (Å²) in [6.45, 7) is 5.91. The molecule has 4 heteroatoms. The number of carbonyl (C=O) groups is 1. The monoisotopic (exact) mass is 317 g/mol. The maximum atomic E-state index is 12.0. The average molecular weight is 318 g/mol. The zero-order valence-electron chi connectivity index (χ0n) is 13.0. The van der Waals surface area contributed by atoms with E-state index < -0.39 is 0 Å². The van der Waals surface area contributed by atoms with E-state index in [9.17, 15) is 4.79 Å². The molecule has 1 amide bonds. The van der Waals surface area contributed by atoms with Crippen molar-refractivity contribution in [2.45, 2.75) is 33.2 Å². The van der Waals surface area contributed by atoms with Crippen molar-refractivity contribution in [1.29, 1.82) is 0 Å². The number of halogens is 1. The molecule has 0 fully saturated rings. The van der Waals surface area contributed by atoms with Crippen LogP contribution in [0.25, 0.3) is 0 Å². The molecule has 0 saturated heterocycles. The van der Waals surface area contributed by atoms with E-state index in [1.165, 1.54) is 0 Å². The lowest BCUT2D eigenvalue weighted by Crippen LogP contribution is -2.29. The first-order valence-corrected chi connectivity index (χ1v) is 7.74. The van der Waals surface area contributed by atoms with Crippen molar-refractivity contribution in [2.75, 3.05) is 0 Å². The molecule has 2 aromatic carbocycles. The molecule has 22 heavy (non-hydrogen) atoms. The van der Waals surface area contributed by atoms with Crippen LogP contribution in [0.2, 0.25) is 5.02 Å². The van der Waals surface area contributed by atoms with Gasteiger partial charge in [-0.1, -0.05) is 24.6 Å². The molecule has 3 nitrogen and oxygen atoms in total. The summed E-state index contributed by atoms with van der Waals surface area (Å²) in [5.74, 6) is 1.29. The van der Waals surface area contributed by atoms with Crippen LogP contribution >= 0.6 is 11.6 Å². The number of hydrogen-bond donors (Lipinski definition) is 1. The molecule has 0 saturated carbocycles. The zero-order chi connectivity index (χ0) is 16.1. The number of hydrogen-bond acceptors (Lipinski definition) is 2. The second-order valence-corrected chi connectivity index (χ2v) is 5.80. The standard InChI is InChI=1S/C18H20ClNO2/c1-4-13-10-15(19)8-9-17(13)22-16-7-5-6-14(11-16)18(21)20-12(2)3/h5-12H,4H2,1-3H3,(H,20,21). The molecule has 2 rings (SSSR count). The molecule has 116 valence electrons. The molecule has 1 N–H and O–H groups in total. The fourth-order valence-corrected chi connectivity index (χ4v) is 2.29. The van der Waals surface area contributed by atoms with Crippen LogP contribution < -0.4 is 10.1 Å². The number of carbonyl (C=O) groups excluding carboxylic acids is 1. The van der Waals surface area contributed by atoms with Crippen LogP contribution in [0.3, 0.4) is 0 Å². The highest BCUT2D eigenvalue weighted by Gasteiger charge is 2.09. The van der Waals surface area contributed by atoms with Gasteiger partial charge in [-0.15, -0.1) is 0 Å². The Labute approximate surface area is 136 Å². The molecule has 0 atom stereocenters. The Hall–Kier alpha value is -2.00. The number of benzene rings is 2. The van der Waals surface area contributed by atoms with Gasteiger partial charge in [0.25, 0.3) is 5.91 Å². The van der Waals surface area contributed by atoms with Gasteiger partial charge in [0.05, 0.1) is 0 Å². The summed E-state index contributed by atoms with van der Waals surface area (Å²) in [4.78, 5) is 12.0. The van der Waals surface area contributed by atoms with Crippen LogP contribution in [-0.2, 0) is 6.42 Å². The van der Waals surface area contributed by atoms with E-state index in [1.807, 2.05) is 45.0 Å². The van der Waals surface area contributed by atoms with E-state index in [1.54, 1.807) is 18.2 Å². The molecule has 2 aromatic rings. The number of aryl methyl sites for hydroxylation is 1. The summed E-state index contributed by atoms with van der Waals surface area (Å²) in [5, 5.41) is 3.56. The number of nitrogens with one attached hydrogen (secondary N) is 1. The first kappa shape index (κ1) is 16.4. The molecular formula is C18H20ClNO2. The fourth-order valence-electron chi connectivity index (χ4n) is 2.10. The van der Waals surface area contributed by atoms with Crippen molar-refractivity contribution in [3.8, 4) is 11.5 Å². The van der Waals surface area contributed by atoms with Crippen molar-refractivity contribution in [3.63, 3.8) is 0 Å². The smallest absolute Gasteiger partial charge is 0.251 e. The van der Waals surface area contributed by atoms with Gasteiger partial charge in [-0.2, -0.15) is 0 Å². The molecule has 0 aliphatic carbocycles. The van der Waals surface area contributed by atoms with E-state index in [0.717, 1.165) is 17.7 Å². The molecule has 0 radical (unpaired) electrons. The van der Waals surface area contributed by atoms with Gasteiger partial charge >= 0.3 is 0 Å². The minimum absolute atomic E-state index is 0.0973. The Bertz CT molecular complexity index is 668. The average Bonchev–Trinajstić information content (AvgIpc) is 2.48.